The van der Waals surface area contributed by atoms with Crippen molar-refractivity contribution in [1.29, 1.82) is 0 Å². The third-order valence-electron chi connectivity index (χ3n) is 3.36. The van der Waals surface area contributed by atoms with Gasteiger partial charge in [-0.05, 0) is 31.0 Å². The van der Waals surface area contributed by atoms with E-state index in [0.717, 1.165) is 12.8 Å². The van der Waals surface area contributed by atoms with Crippen LogP contribution in [0.5, 0.6) is 0 Å². The van der Waals surface area contributed by atoms with Gasteiger partial charge in [-0.25, -0.2) is 13.2 Å². The number of rotatable bonds is 3. The van der Waals surface area contributed by atoms with E-state index in [1.54, 1.807) is 12.1 Å². The van der Waals surface area contributed by atoms with Gasteiger partial charge < -0.3 is 4.74 Å². The Bertz CT molecular complexity index is 589. The first kappa shape index (κ1) is 14.5. The van der Waals surface area contributed by atoms with Crippen LogP contribution in [0.1, 0.15) is 36.0 Å². The summed E-state index contributed by atoms with van der Waals surface area (Å²) in [5.41, 5.74) is 0.244. The number of hydrogen-bond acceptors (Lipinski definition) is 4. The summed E-state index contributed by atoms with van der Waals surface area (Å²) < 4.78 is 30.1. The van der Waals surface area contributed by atoms with Crippen molar-refractivity contribution in [2.75, 3.05) is 7.11 Å². The second-order valence-corrected chi connectivity index (χ2v) is 7.76. The Morgan fingerprint density at radius 2 is 1.89 bits per heavy atom. The molecule has 6 heteroatoms. The molecule has 0 N–H and O–H groups in total. The van der Waals surface area contributed by atoms with E-state index >= 15 is 0 Å². The Morgan fingerprint density at radius 1 is 1.26 bits per heavy atom. The normalized spacial score (nSPS) is 16.5. The van der Waals surface area contributed by atoms with E-state index < -0.39 is 15.8 Å². The molecule has 1 aromatic carbocycles. The van der Waals surface area contributed by atoms with Crippen LogP contribution in [-0.2, 0) is 14.6 Å². The number of sulfone groups is 1. The molecule has 0 amide bonds. The van der Waals surface area contributed by atoms with E-state index in [4.69, 9.17) is 0 Å². The third kappa shape index (κ3) is 3.00. The van der Waals surface area contributed by atoms with E-state index in [1.807, 2.05) is 0 Å². The van der Waals surface area contributed by atoms with E-state index in [1.165, 1.54) is 13.2 Å². The van der Waals surface area contributed by atoms with E-state index in [2.05, 4.69) is 20.7 Å². The molecule has 0 unspecified atom stereocenters. The third-order valence-corrected chi connectivity index (χ3v) is 6.06. The zero-order valence-corrected chi connectivity index (χ0v) is 13.0. The minimum atomic E-state index is -3.36. The monoisotopic (exact) mass is 346 g/mol. The number of halogens is 1. The molecule has 1 aromatic rings. The number of ether oxygens (including phenoxy) is 1. The van der Waals surface area contributed by atoms with Gasteiger partial charge in [0, 0.05) is 4.47 Å². The SMILES string of the molecule is COC(=O)c1cc(Br)cc(S(=O)(=O)C2CCCC2)c1. The maximum atomic E-state index is 12.5. The summed E-state index contributed by atoms with van der Waals surface area (Å²) in [4.78, 5) is 11.7. The second-order valence-electron chi connectivity index (χ2n) is 4.62. The highest BCUT2D eigenvalue weighted by Crippen LogP contribution is 2.31. The minimum Gasteiger partial charge on any atom is -0.465 e. The average molecular weight is 347 g/mol. The van der Waals surface area contributed by atoms with Crippen LogP contribution in [0.4, 0.5) is 0 Å². The Balaban J connectivity index is 2.44. The fourth-order valence-corrected chi connectivity index (χ4v) is 4.92. The van der Waals surface area contributed by atoms with Crippen LogP contribution in [0.3, 0.4) is 0 Å². The van der Waals surface area contributed by atoms with Gasteiger partial charge in [-0.2, -0.15) is 0 Å². The lowest BCUT2D eigenvalue weighted by molar-refractivity contribution is 0.0600. The van der Waals surface area contributed by atoms with Crippen LogP contribution in [-0.4, -0.2) is 26.7 Å². The Kier molecular flexibility index (Phi) is 4.30. The molecule has 0 bridgehead atoms. The van der Waals surface area contributed by atoms with Gasteiger partial charge in [-0.1, -0.05) is 28.8 Å². The quantitative estimate of drug-likeness (QED) is 0.789. The van der Waals surface area contributed by atoms with E-state index in [-0.39, 0.29) is 15.7 Å². The van der Waals surface area contributed by atoms with E-state index in [0.29, 0.717) is 17.3 Å². The van der Waals surface area contributed by atoms with Gasteiger partial charge in [-0.15, -0.1) is 0 Å². The maximum absolute atomic E-state index is 12.5. The first-order valence-electron chi connectivity index (χ1n) is 6.08. The van der Waals surface area contributed by atoms with Gasteiger partial charge in [0.2, 0.25) is 0 Å². The molecule has 0 atom stereocenters. The predicted molar refractivity (Wildman–Crippen MR) is 74.9 cm³/mol. The largest absolute Gasteiger partial charge is 0.465 e. The van der Waals surface area contributed by atoms with Crippen molar-refractivity contribution in [3.05, 3.63) is 28.2 Å². The Labute approximate surface area is 121 Å². The molecule has 1 aliphatic carbocycles. The minimum absolute atomic E-state index is 0.189. The highest BCUT2D eigenvalue weighted by atomic mass is 79.9. The number of methoxy groups -OCH3 is 1. The lowest BCUT2D eigenvalue weighted by atomic mass is 10.2. The number of carbonyl (C=O) groups is 1. The molecule has 0 spiro atoms. The van der Waals surface area contributed by atoms with Crippen molar-refractivity contribution in [2.45, 2.75) is 35.8 Å². The van der Waals surface area contributed by atoms with Gasteiger partial charge in [0.1, 0.15) is 0 Å². The average Bonchev–Trinajstić information content (AvgIpc) is 2.91. The van der Waals surface area contributed by atoms with Crippen LogP contribution >= 0.6 is 15.9 Å². The van der Waals surface area contributed by atoms with E-state index in [9.17, 15) is 13.2 Å². The molecule has 0 heterocycles. The van der Waals surface area contributed by atoms with Crippen molar-refractivity contribution in [3.63, 3.8) is 0 Å². The summed E-state index contributed by atoms with van der Waals surface area (Å²) in [6, 6.07) is 4.49. The summed E-state index contributed by atoms with van der Waals surface area (Å²) in [5.74, 6) is -0.538. The van der Waals surface area contributed by atoms with Crippen LogP contribution < -0.4 is 0 Å². The maximum Gasteiger partial charge on any atom is 0.337 e. The Hall–Kier alpha value is -0.880. The molecule has 1 saturated carbocycles. The van der Waals surface area contributed by atoms with Gasteiger partial charge in [-0.3, -0.25) is 0 Å². The highest BCUT2D eigenvalue weighted by Gasteiger charge is 2.31. The molecule has 19 heavy (non-hydrogen) atoms. The number of esters is 1. The first-order chi connectivity index (χ1) is 8.95. The molecule has 0 saturated heterocycles. The molecule has 0 radical (unpaired) electrons. The molecule has 0 aromatic heterocycles. The van der Waals surface area contributed by atoms with Crippen LogP contribution in [0, 0.1) is 0 Å². The highest BCUT2D eigenvalue weighted by molar-refractivity contribution is 9.10. The standard InChI is InChI=1S/C13H15BrO4S/c1-18-13(15)9-6-10(14)8-12(7-9)19(16,17)11-4-2-3-5-11/h6-8,11H,2-5H2,1H3. The van der Waals surface area contributed by atoms with Crippen molar-refractivity contribution in [1.82, 2.24) is 0 Å². The second kappa shape index (κ2) is 5.63. The lowest BCUT2D eigenvalue weighted by Gasteiger charge is -2.12. The van der Waals surface area contributed by atoms with Crippen LogP contribution in [0.2, 0.25) is 0 Å². The summed E-state index contributed by atoms with van der Waals surface area (Å²) in [7, 11) is -2.09. The fraction of sp³-hybridized carbons (Fsp3) is 0.462. The molecule has 0 aliphatic heterocycles. The van der Waals surface area contributed by atoms with Crippen LogP contribution in [0.25, 0.3) is 0 Å². The molecule has 1 aliphatic rings. The molecular formula is C13H15BrO4S. The molecule has 1 fully saturated rings. The zero-order valence-electron chi connectivity index (χ0n) is 10.6. The van der Waals surface area contributed by atoms with Gasteiger partial charge in [0.25, 0.3) is 0 Å². The number of hydrogen-bond donors (Lipinski definition) is 0. The predicted octanol–water partition coefficient (Wildman–Crippen LogP) is 2.95. The lowest BCUT2D eigenvalue weighted by Crippen LogP contribution is -2.18. The number of carbonyl (C=O) groups excluding carboxylic acids is 1. The topological polar surface area (TPSA) is 60.4 Å². The summed E-state index contributed by atoms with van der Waals surface area (Å²) >= 11 is 3.24. The van der Waals surface area contributed by atoms with Crippen molar-refractivity contribution in [2.24, 2.45) is 0 Å². The van der Waals surface area contributed by atoms with Crippen LogP contribution in [0.15, 0.2) is 27.6 Å². The number of benzene rings is 1. The van der Waals surface area contributed by atoms with Crippen molar-refractivity contribution >= 4 is 31.7 Å². The van der Waals surface area contributed by atoms with Crippen molar-refractivity contribution in [3.8, 4) is 0 Å². The van der Waals surface area contributed by atoms with Crippen molar-refractivity contribution < 1.29 is 17.9 Å². The molecule has 2 rings (SSSR count). The fourth-order valence-electron chi connectivity index (χ4n) is 2.35. The van der Waals surface area contributed by atoms with Gasteiger partial charge in [0.15, 0.2) is 9.84 Å². The van der Waals surface area contributed by atoms with Gasteiger partial charge in [0.05, 0.1) is 22.8 Å². The Morgan fingerprint density at radius 3 is 2.47 bits per heavy atom. The zero-order chi connectivity index (χ0) is 14.0. The van der Waals surface area contributed by atoms with Gasteiger partial charge >= 0.3 is 5.97 Å². The summed E-state index contributed by atoms with van der Waals surface area (Å²) in [5, 5.41) is -0.327. The smallest absolute Gasteiger partial charge is 0.337 e. The molecule has 4 nitrogen and oxygen atoms in total. The summed E-state index contributed by atoms with van der Waals surface area (Å²) in [6.07, 6.45) is 3.29. The summed E-state index contributed by atoms with van der Waals surface area (Å²) in [6.45, 7) is 0. The molecule has 104 valence electrons. The molecular weight excluding hydrogens is 332 g/mol. The first-order valence-corrected chi connectivity index (χ1v) is 8.42.